The van der Waals surface area contributed by atoms with Crippen molar-refractivity contribution in [3.63, 3.8) is 0 Å². The fourth-order valence-corrected chi connectivity index (χ4v) is 3.12. The first-order chi connectivity index (χ1) is 8.24. The number of rotatable bonds is 3. The number of alkyl halides is 1. The zero-order valence-electron chi connectivity index (χ0n) is 9.36. The molecule has 3 rings (SSSR count). The summed E-state index contributed by atoms with van der Waals surface area (Å²) in [6.07, 6.45) is 5.24. The third kappa shape index (κ3) is 1.73. The van der Waals surface area contributed by atoms with Crippen LogP contribution in [-0.2, 0) is 6.54 Å². The van der Waals surface area contributed by atoms with Gasteiger partial charge in [-0.15, -0.1) is 0 Å². The van der Waals surface area contributed by atoms with Crippen LogP contribution in [0.15, 0.2) is 27.5 Å². The van der Waals surface area contributed by atoms with E-state index in [1.807, 2.05) is 0 Å². The van der Waals surface area contributed by atoms with Crippen molar-refractivity contribution in [1.82, 2.24) is 9.55 Å². The Morgan fingerprint density at radius 2 is 2.35 bits per heavy atom. The maximum absolute atomic E-state index is 11.8. The van der Waals surface area contributed by atoms with Crippen molar-refractivity contribution in [1.29, 1.82) is 0 Å². The topological polar surface area (TPSA) is 48.0 Å². The number of nitrogens with zero attached hydrogens (tertiary/aromatic N) is 2. The van der Waals surface area contributed by atoms with Crippen LogP contribution >= 0.6 is 15.9 Å². The molecule has 0 bridgehead atoms. The first-order valence-corrected chi connectivity index (χ1v) is 6.87. The average molecular weight is 297 g/mol. The molecule has 2 aromatic rings. The van der Waals surface area contributed by atoms with Gasteiger partial charge in [-0.2, -0.15) is 0 Å². The fourth-order valence-electron chi connectivity index (χ4n) is 2.39. The van der Waals surface area contributed by atoms with E-state index in [1.54, 1.807) is 22.9 Å². The molecule has 0 spiro atoms. The van der Waals surface area contributed by atoms with Crippen molar-refractivity contribution < 1.29 is 4.42 Å². The van der Waals surface area contributed by atoms with E-state index in [2.05, 4.69) is 20.9 Å². The number of hydrogen-bond donors (Lipinski definition) is 0. The zero-order chi connectivity index (χ0) is 11.9. The number of halogens is 1. The lowest BCUT2D eigenvalue weighted by Crippen LogP contribution is -2.38. The first kappa shape index (κ1) is 11.0. The van der Waals surface area contributed by atoms with Gasteiger partial charge in [-0.25, -0.2) is 9.78 Å². The van der Waals surface area contributed by atoms with E-state index in [9.17, 15) is 4.79 Å². The van der Waals surface area contributed by atoms with Gasteiger partial charge < -0.3 is 4.42 Å². The highest BCUT2D eigenvalue weighted by Gasteiger charge is 2.37. The first-order valence-electron chi connectivity index (χ1n) is 5.74. The molecule has 0 atom stereocenters. The molecular weight excluding hydrogens is 284 g/mol. The van der Waals surface area contributed by atoms with E-state index >= 15 is 0 Å². The van der Waals surface area contributed by atoms with E-state index in [1.165, 1.54) is 6.42 Å². The molecule has 0 amide bonds. The summed E-state index contributed by atoms with van der Waals surface area (Å²) >= 11 is 3.55. The fraction of sp³-hybridized carbons (Fsp3) is 0.500. The van der Waals surface area contributed by atoms with E-state index < -0.39 is 0 Å². The second-order valence-electron chi connectivity index (χ2n) is 4.77. The highest BCUT2D eigenvalue weighted by molar-refractivity contribution is 9.09. The van der Waals surface area contributed by atoms with Crippen molar-refractivity contribution in [3.8, 4) is 0 Å². The normalized spacial score (nSPS) is 18.2. The minimum Gasteiger partial charge on any atom is -0.406 e. The van der Waals surface area contributed by atoms with E-state index in [-0.39, 0.29) is 11.2 Å². The lowest BCUT2D eigenvalue weighted by molar-refractivity contribution is 0.138. The maximum atomic E-state index is 11.8. The summed E-state index contributed by atoms with van der Waals surface area (Å²) < 4.78 is 6.85. The molecule has 1 aliphatic rings. The Morgan fingerprint density at radius 3 is 3.00 bits per heavy atom. The lowest BCUT2D eigenvalue weighted by atomic mass is 9.70. The van der Waals surface area contributed by atoms with Gasteiger partial charge in [-0.05, 0) is 30.4 Å². The number of pyridine rings is 1. The largest absolute Gasteiger partial charge is 0.421 e. The Labute approximate surface area is 107 Å². The minimum atomic E-state index is -0.300. The Balaban J connectivity index is 2.05. The quantitative estimate of drug-likeness (QED) is 0.818. The number of aromatic nitrogens is 2. The molecule has 0 aromatic carbocycles. The van der Waals surface area contributed by atoms with Crippen LogP contribution < -0.4 is 5.76 Å². The van der Waals surface area contributed by atoms with Gasteiger partial charge in [0.25, 0.3) is 0 Å². The molecule has 5 heteroatoms. The summed E-state index contributed by atoms with van der Waals surface area (Å²) in [5, 5.41) is 0.923. The minimum absolute atomic E-state index is 0.206. The molecule has 0 unspecified atom stereocenters. The van der Waals surface area contributed by atoms with E-state index in [4.69, 9.17) is 4.42 Å². The van der Waals surface area contributed by atoms with Crippen LogP contribution in [0.4, 0.5) is 0 Å². The zero-order valence-corrected chi connectivity index (χ0v) is 10.9. The molecule has 0 saturated heterocycles. The summed E-state index contributed by atoms with van der Waals surface area (Å²) in [6.45, 7) is 0.696. The summed E-state index contributed by atoms with van der Waals surface area (Å²) in [4.78, 5) is 16.0. The summed E-state index contributed by atoms with van der Waals surface area (Å²) in [5.41, 5.74) is 1.43. The van der Waals surface area contributed by atoms with Crippen molar-refractivity contribution in [2.24, 2.45) is 5.41 Å². The highest BCUT2D eigenvalue weighted by atomic mass is 79.9. The van der Waals surface area contributed by atoms with Gasteiger partial charge in [0.05, 0.1) is 0 Å². The molecule has 2 aromatic heterocycles. The van der Waals surface area contributed by atoms with Crippen LogP contribution in [-0.4, -0.2) is 14.9 Å². The number of hydrogen-bond acceptors (Lipinski definition) is 3. The summed E-state index contributed by atoms with van der Waals surface area (Å²) in [7, 11) is 0. The molecule has 0 aliphatic heterocycles. The molecule has 1 aliphatic carbocycles. The Morgan fingerprint density at radius 1 is 1.53 bits per heavy atom. The summed E-state index contributed by atoms with van der Waals surface area (Å²) in [6, 6.07) is 3.56. The monoisotopic (exact) mass is 296 g/mol. The van der Waals surface area contributed by atoms with Gasteiger partial charge in [0.15, 0.2) is 11.2 Å². The Kier molecular flexibility index (Phi) is 2.58. The van der Waals surface area contributed by atoms with Gasteiger partial charge in [-0.1, -0.05) is 22.4 Å². The van der Waals surface area contributed by atoms with E-state index in [0.717, 1.165) is 18.2 Å². The Hall–Kier alpha value is -1.10. The highest BCUT2D eigenvalue weighted by Crippen LogP contribution is 2.43. The van der Waals surface area contributed by atoms with Crippen molar-refractivity contribution in [3.05, 3.63) is 28.9 Å². The van der Waals surface area contributed by atoms with Gasteiger partial charge in [0, 0.05) is 18.1 Å². The van der Waals surface area contributed by atoms with Gasteiger partial charge >= 0.3 is 5.76 Å². The third-order valence-electron chi connectivity index (χ3n) is 3.62. The lowest BCUT2D eigenvalue weighted by Gasteiger charge is -2.40. The predicted octanol–water partition coefficient (Wildman–Crippen LogP) is 2.55. The van der Waals surface area contributed by atoms with Gasteiger partial charge in [-0.3, -0.25) is 4.57 Å². The van der Waals surface area contributed by atoms with E-state index in [0.29, 0.717) is 17.8 Å². The van der Waals surface area contributed by atoms with Crippen LogP contribution in [0, 0.1) is 5.41 Å². The standard InChI is InChI=1S/C12H13BrN2O2/c13-7-12(4-2-5-12)8-15-10-9(17-11(15)16)3-1-6-14-10/h1,3,6H,2,4-5,7-8H2. The molecular formula is C12H13BrN2O2. The molecule has 2 heterocycles. The molecule has 4 nitrogen and oxygen atoms in total. The van der Waals surface area contributed by atoms with Crippen molar-refractivity contribution in [2.75, 3.05) is 5.33 Å². The molecule has 17 heavy (non-hydrogen) atoms. The average Bonchev–Trinajstić information content (AvgIpc) is 2.60. The number of fused-ring (bicyclic) bond motifs is 1. The second kappa shape index (κ2) is 3.98. The van der Waals surface area contributed by atoms with Crippen LogP contribution in [0.2, 0.25) is 0 Å². The Bertz CT molecular complexity index is 592. The van der Waals surface area contributed by atoms with Crippen LogP contribution in [0.5, 0.6) is 0 Å². The molecule has 1 saturated carbocycles. The smallest absolute Gasteiger partial charge is 0.406 e. The third-order valence-corrected chi connectivity index (χ3v) is 4.80. The van der Waals surface area contributed by atoms with Crippen LogP contribution in [0.1, 0.15) is 19.3 Å². The SMILES string of the molecule is O=c1oc2cccnc2n1CC1(CBr)CCC1. The molecule has 1 fully saturated rings. The molecule has 0 N–H and O–H groups in total. The van der Waals surface area contributed by atoms with Crippen molar-refractivity contribution in [2.45, 2.75) is 25.8 Å². The molecule has 0 radical (unpaired) electrons. The van der Waals surface area contributed by atoms with Crippen LogP contribution in [0.25, 0.3) is 11.2 Å². The predicted molar refractivity (Wildman–Crippen MR) is 68.3 cm³/mol. The summed E-state index contributed by atoms with van der Waals surface area (Å²) in [5.74, 6) is -0.300. The second-order valence-corrected chi connectivity index (χ2v) is 5.33. The number of oxazole rings is 1. The van der Waals surface area contributed by atoms with Gasteiger partial charge in [0.2, 0.25) is 0 Å². The van der Waals surface area contributed by atoms with Crippen LogP contribution in [0.3, 0.4) is 0 Å². The maximum Gasteiger partial charge on any atom is 0.421 e. The van der Waals surface area contributed by atoms with Crippen molar-refractivity contribution >= 4 is 27.2 Å². The molecule has 90 valence electrons. The van der Waals surface area contributed by atoms with Gasteiger partial charge in [0.1, 0.15) is 0 Å².